The van der Waals surface area contributed by atoms with Crippen molar-refractivity contribution in [1.29, 1.82) is 0 Å². The van der Waals surface area contributed by atoms with E-state index < -0.39 is 12.1 Å². The van der Waals surface area contributed by atoms with Crippen LogP contribution in [0.15, 0.2) is 53.3 Å². The number of benzene rings is 2. The van der Waals surface area contributed by atoms with Gasteiger partial charge in [0.15, 0.2) is 11.5 Å². The van der Waals surface area contributed by atoms with Crippen molar-refractivity contribution in [2.24, 2.45) is 0 Å². The second kappa shape index (κ2) is 16.2. The molecule has 1 heterocycles. The number of ether oxygens (including phenoxy) is 4. The molecule has 5 rings (SSSR count). The number of rotatable bonds is 12. The molecule has 49 heavy (non-hydrogen) atoms. The van der Waals surface area contributed by atoms with E-state index in [9.17, 15) is 14.4 Å². The van der Waals surface area contributed by atoms with Crippen molar-refractivity contribution >= 4 is 35.0 Å². The number of hydrogen-bond donors (Lipinski definition) is 2. The first-order chi connectivity index (χ1) is 23.7. The molecule has 0 aromatic heterocycles. The minimum Gasteiger partial charge on any atom is -0.497 e. The van der Waals surface area contributed by atoms with Crippen LogP contribution in [0.4, 0.5) is 11.4 Å². The molecule has 0 bridgehead atoms. The number of carbonyl (C=O) groups is 2. The first-order valence-corrected chi connectivity index (χ1v) is 17.8. The largest absolute Gasteiger partial charge is 0.497 e. The van der Waals surface area contributed by atoms with E-state index in [4.69, 9.17) is 18.9 Å². The van der Waals surface area contributed by atoms with Crippen molar-refractivity contribution in [2.45, 2.75) is 38.3 Å². The molecule has 2 aliphatic rings. The number of aryl methyl sites for hydroxylation is 1. The summed E-state index contributed by atoms with van der Waals surface area (Å²) in [6, 6.07) is 14.0. The first-order valence-electron chi connectivity index (χ1n) is 16.4. The summed E-state index contributed by atoms with van der Waals surface area (Å²) >= 11 is 1.65. The average Bonchev–Trinajstić information content (AvgIpc) is 3.36. The van der Waals surface area contributed by atoms with Gasteiger partial charge in [0.1, 0.15) is 11.8 Å². The zero-order valence-electron chi connectivity index (χ0n) is 29.1. The van der Waals surface area contributed by atoms with Crippen LogP contribution in [0.2, 0.25) is 0 Å². The number of piperazine rings is 1. The third-order valence-electron chi connectivity index (χ3n) is 9.16. The van der Waals surface area contributed by atoms with Crippen LogP contribution in [-0.4, -0.2) is 89.4 Å². The molecule has 1 fully saturated rings. The predicted octanol–water partition coefficient (Wildman–Crippen LogP) is 4.75. The smallest absolute Gasteiger partial charge is 0.245 e. The maximum absolute atomic E-state index is 14.0. The summed E-state index contributed by atoms with van der Waals surface area (Å²) in [5.41, 5.74) is 4.21. The summed E-state index contributed by atoms with van der Waals surface area (Å²) in [5.74, 6) is 2.76. The number of hydrogen-bond acceptors (Lipinski definition) is 10. The van der Waals surface area contributed by atoms with Crippen LogP contribution in [0.3, 0.4) is 0 Å². The van der Waals surface area contributed by atoms with Gasteiger partial charge in [0.2, 0.25) is 23.0 Å². The Hall–Kier alpha value is -4.58. The maximum atomic E-state index is 14.0. The van der Waals surface area contributed by atoms with E-state index in [0.717, 1.165) is 33.9 Å². The number of anilines is 2. The van der Waals surface area contributed by atoms with Crippen molar-refractivity contribution < 1.29 is 28.5 Å². The molecule has 0 radical (unpaired) electrons. The third kappa shape index (κ3) is 7.85. The summed E-state index contributed by atoms with van der Waals surface area (Å²) in [4.78, 5) is 44.5. The van der Waals surface area contributed by atoms with Crippen molar-refractivity contribution in [3.8, 4) is 34.1 Å². The van der Waals surface area contributed by atoms with E-state index >= 15 is 0 Å². The van der Waals surface area contributed by atoms with Gasteiger partial charge < -0.3 is 39.4 Å². The van der Waals surface area contributed by atoms with Gasteiger partial charge in [0.05, 0.1) is 40.2 Å². The van der Waals surface area contributed by atoms with Gasteiger partial charge in [0.25, 0.3) is 0 Å². The van der Waals surface area contributed by atoms with Crippen LogP contribution in [0.1, 0.15) is 36.9 Å². The van der Waals surface area contributed by atoms with Crippen LogP contribution in [0.5, 0.6) is 23.0 Å². The summed E-state index contributed by atoms with van der Waals surface area (Å²) in [6.45, 7) is 3.97. The predicted molar refractivity (Wildman–Crippen MR) is 195 cm³/mol. The molecule has 2 N–H and O–H groups in total. The molecule has 0 unspecified atom stereocenters. The van der Waals surface area contributed by atoms with Crippen LogP contribution in [0.25, 0.3) is 11.1 Å². The number of thioether (sulfide) groups is 1. The van der Waals surface area contributed by atoms with Gasteiger partial charge in [-0.15, -0.1) is 0 Å². The first kappa shape index (κ1) is 35.7. The van der Waals surface area contributed by atoms with Gasteiger partial charge in [-0.1, -0.05) is 12.1 Å². The second-order valence-electron chi connectivity index (χ2n) is 12.1. The zero-order valence-corrected chi connectivity index (χ0v) is 29.9. The van der Waals surface area contributed by atoms with Gasteiger partial charge in [-0.25, -0.2) is 0 Å². The van der Waals surface area contributed by atoms with Crippen molar-refractivity contribution in [3.63, 3.8) is 0 Å². The summed E-state index contributed by atoms with van der Waals surface area (Å²) in [5, 5.41) is 6.38. The maximum Gasteiger partial charge on any atom is 0.245 e. The quantitative estimate of drug-likeness (QED) is 0.276. The van der Waals surface area contributed by atoms with Gasteiger partial charge in [-0.3, -0.25) is 14.4 Å². The van der Waals surface area contributed by atoms with E-state index in [1.54, 1.807) is 52.3 Å². The monoisotopic (exact) mass is 690 g/mol. The lowest BCUT2D eigenvalue weighted by Gasteiger charge is -2.37. The molecule has 12 heteroatoms. The third-order valence-corrected chi connectivity index (χ3v) is 9.81. The highest BCUT2D eigenvalue weighted by atomic mass is 32.2. The van der Waals surface area contributed by atoms with E-state index in [1.807, 2.05) is 47.6 Å². The molecular weight excluding hydrogens is 644 g/mol. The van der Waals surface area contributed by atoms with Crippen molar-refractivity contribution in [3.05, 3.63) is 69.9 Å². The Kier molecular flexibility index (Phi) is 11.8. The Labute approximate surface area is 292 Å². The van der Waals surface area contributed by atoms with E-state index in [2.05, 4.69) is 15.5 Å². The molecule has 3 aromatic carbocycles. The molecule has 262 valence electrons. The van der Waals surface area contributed by atoms with Crippen LogP contribution >= 0.6 is 11.8 Å². The molecule has 0 saturated carbocycles. The van der Waals surface area contributed by atoms with Crippen molar-refractivity contribution in [2.75, 3.05) is 76.8 Å². The Balaban J connectivity index is 1.49. The highest BCUT2D eigenvalue weighted by Gasteiger charge is 2.31. The number of carbonyl (C=O) groups excluding carboxylic acids is 2. The molecule has 0 spiro atoms. The lowest BCUT2D eigenvalue weighted by molar-refractivity contribution is -0.132. The van der Waals surface area contributed by atoms with E-state index in [-0.39, 0.29) is 17.2 Å². The Morgan fingerprint density at radius 1 is 0.939 bits per heavy atom. The highest BCUT2D eigenvalue weighted by molar-refractivity contribution is 7.98. The molecule has 1 aliphatic heterocycles. The fourth-order valence-electron chi connectivity index (χ4n) is 6.72. The van der Waals surface area contributed by atoms with E-state index in [0.29, 0.717) is 73.9 Å². The molecule has 1 aliphatic carbocycles. The van der Waals surface area contributed by atoms with Crippen LogP contribution in [0, 0.1) is 0 Å². The molecule has 3 aromatic rings. The highest BCUT2D eigenvalue weighted by Crippen LogP contribution is 2.50. The number of fused-ring (bicyclic) bond motifs is 3. The average molecular weight is 691 g/mol. The number of nitrogens with zero attached hydrogens (tertiary/aromatic N) is 2. The summed E-state index contributed by atoms with van der Waals surface area (Å²) in [6.07, 6.45) is 3.71. The Morgan fingerprint density at radius 2 is 1.69 bits per heavy atom. The SMILES string of the molecule is COc1cccc(N2CCN(C(=O)[C@H](CCSC)Nc3ccc4c(cc3=O)[C@@H](NC(C)=O)CCc3cc(OC)c(OC)c(OC)c3-4)CC2)c1. The molecule has 11 nitrogen and oxygen atoms in total. The fourth-order valence-corrected chi connectivity index (χ4v) is 7.19. The standard InChI is InChI=1S/C37H46N4O7S/c1-23(42)38-29-12-10-24-20-33(46-3)35(47-4)36(48-5)34(24)27-11-13-30(32(43)22-28(27)29)39-31(14-19-49-6)37(44)41-17-15-40(16-18-41)25-8-7-9-26(21-25)45-2/h7-9,11,13,20-22,29,31H,10,12,14-19H2,1-6H3,(H,38,42)(H,39,43)/t29-,31-/m0/s1. The van der Waals surface area contributed by atoms with Gasteiger partial charge >= 0.3 is 0 Å². The minimum atomic E-state index is -0.594. The van der Waals surface area contributed by atoms with Crippen molar-refractivity contribution in [1.82, 2.24) is 10.2 Å². The summed E-state index contributed by atoms with van der Waals surface area (Å²) in [7, 11) is 6.35. The van der Waals surface area contributed by atoms with Crippen LogP contribution in [-0.2, 0) is 16.0 Å². The minimum absolute atomic E-state index is 0.0354. The Morgan fingerprint density at radius 3 is 2.35 bits per heavy atom. The fraction of sp³-hybridized carbons (Fsp3) is 0.432. The Bertz CT molecular complexity index is 1730. The van der Waals surface area contributed by atoms with Gasteiger partial charge in [-0.2, -0.15) is 11.8 Å². The lowest BCUT2D eigenvalue weighted by atomic mass is 9.95. The molecule has 1 saturated heterocycles. The normalized spacial score (nSPS) is 16.0. The van der Waals surface area contributed by atoms with Gasteiger partial charge in [-0.05, 0) is 78.3 Å². The van der Waals surface area contributed by atoms with E-state index in [1.165, 1.54) is 6.92 Å². The summed E-state index contributed by atoms with van der Waals surface area (Å²) < 4.78 is 22.6. The molecular formula is C37H46N4O7S. The van der Waals surface area contributed by atoms with Crippen LogP contribution < -0.4 is 39.9 Å². The number of nitrogens with one attached hydrogen (secondary N) is 2. The van der Waals surface area contributed by atoms with Gasteiger partial charge in [0, 0.05) is 50.4 Å². The molecule has 2 amide bonds. The topological polar surface area (TPSA) is 119 Å². The number of amides is 2. The lowest BCUT2D eigenvalue weighted by Crippen LogP contribution is -2.53. The number of methoxy groups -OCH3 is 4. The molecule has 2 atom stereocenters. The zero-order chi connectivity index (χ0) is 35.1. The second-order valence-corrected chi connectivity index (χ2v) is 13.1.